The second-order valence-corrected chi connectivity index (χ2v) is 9.84. The normalized spacial score (nSPS) is 13.4. The molecule has 174 valence electrons. The van der Waals surface area contributed by atoms with Gasteiger partial charge in [-0.05, 0) is 58.1 Å². The molecule has 0 spiro atoms. The molecule has 0 fully saturated rings. The van der Waals surface area contributed by atoms with Gasteiger partial charge >= 0.3 is 0 Å². The largest absolute Gasteiger partial charge is 0.310 e. The fourth-order valence-electron chi connectivity index (χ4n) is 5.59. The summed E-state index contributed by atoms with van der Waals surface area (Å²) in [7, 11) is 0. The molecule has 0 heterocycles. The van der Waals surface area contributed by atoms with Gasteiger partial charge in [0.2, 0.25) is 0 Å². The highest BCUT2D eigenvalue weighted by Crippen LogP contribution is 2.53. The van der Waals surface area contributed by atoms with E-state index in [4.69, 9.17) is 0 Å². The highest BCUT2D eigenvalue weighted by molar-refractivity contribution is 5.94. The second kappa shape index (κ2) is 9.02. The van der Waals surface area contributed by atoms with Crippen LogP contribution in [0.1, 0.15) is 36.1 Å². The summed E-state index contributed by atoms with van der Waals surface area (Å²) in [6.45, 7) is 4.72. The van der Waals surface area contributed by atoms with Crippen molar-refractivity contribution in [1.29, 1.82) is 0 Å². The maximum atomic E-state index is 2.38. The molecular weight excluding hydrogens is 434 g/mol. The molecule has 1 aliphatic rings. The summed E-state index contributed by atoms with van der Waals surface area (Å²) < 4.78 is 0. The molecule has 6 rings (SSSR count). The van der Waals surface area contributed by atoms with Crippen molar-refractivity contribution in [3.05, 3.63) is 150 Å². The van der Waals surface area contributed by atoms with Gasteiger partial charge in [-0.2, -0.15) is 0 Å². The minimum atomic E-state index is -0.114. The summed E-state index contributed by atoms with van der Waals surface area (Å²) in [6.07, 6.45) is 4.56. The molecule has 36 heavy (non-hydrogen) atoms. The first-order chi connectivity index (χ1) is 17.6. The van der Waals surface area contributed by atoms with Crippen LogP contribution in [-0.2, 0) is 5.41 Å². The van der Waals surface area contributed by atoms with Crippen molar-refractivity contribution in [2.75, 3.05) is 4.90 Å². The number of benzene rings is 5. The van der Waals surface area contributed by atoms with Crippen LogP contribution in [0.5, 0.6) is 0 Å². The number of nitrogens with zero attached hydrogens (tertiary/aromatic N) is 1. The van der Waals surface area contributed by atoms with E-state index in [9.17, 15) is 0 Å². The molecule has 0 amide bonds. The Morgan fingerprint density at radius 3 is 1.72 bits per heavy atom. The fraction of sp³-hybridized carbons (Fsp3) is 0.0857. The first-order valence-electron chi connectivity index (χ1n) is 12.6. The molecular formula is C35H29N. The number of para-hydroxylation sites is 2. The number of rotatable bonds is 5. The zero-order valence-corrected chi connectivity index (χ0v) is 20.7. The predicted octanol–water partition coefficient (Wildman–Crippen LogP) is 9.63. The number of hydrogen-bond donors (Lipinski definition) is 0. The molecule has 1 heteroatoms. The lowest BCUT2D eigenvalue weighted by atomic mass is 9.79. The Bertz CT molecular complexity index is 1490. The third kappa shape index (κ3) is 3.74. The van der Waals surface area contributed by atoms with E-state index in [0.717, 1.165) is 11.4 Å². The van der Waals surface area contributed by atoms with Crippen molar-refractivity contribution >= 4 is 29.2 Å². The highest BCUT2D eigenvalue weighted by Gasteiger charge is 2.38. The lowest BCUT2D eigenvalue weighted by molar-refractivity contribution is 0.659. The van der Waals surface area contributed by atoms with Gasteiger partial charge in [-0.15, -0.1) is 0 Å². The minimum Gasteiger partial charge on any atom is -0.310 e. The predicted molar refractivity (Wildman–Crippen MR) is 154 cm³/mol. The van der Waals surface area contributed by atoms with Crippen LogP contribution in [0.15, 0.2) is 127 Å². The van der Waals surface area contributed by atoms with Gasteiger partial charge in [-0.1, -0.05) is 123 Å². The summed E-state index contributed by atoms with van der Waals surface area (Å²) in [5, 5.41) is 0. The van der Waals surface area contributed by atoms with E-state index < -0.39 is 0 Å². The summed E-state index contributed by atoms with van der Waals surface area (Å²) in [5.41, 5.74) is 11.2. The topological polar surface area (TPSA) is 3.24 Å². The van der Waals surface area contributed by atoms with Crippen LogP contribution in [0, 0.1) is 0 Å². The van der Waals surface area contributed by atoms with Gasteiger partial charge in [-0.3, -0.25) is 0 Å². The molecule has 0 atom stereocenters. The van der Waals surface area contributed by atoms with E-state index >= 15 is 0 Å². The third-order valence-electron chi connectivity index (χ3n) is 7.25. The maximum Gasteiger partial charge on any atom is 0.0537 e. The van der Waals surface area contributed by atoms with Crippen molar-refractivity contribution in [3.63, 3.8) is 0 Å². The molecule has 0 bridgehead atoms. The number of anilines is 3. The number of fused-ring (bicyclic) bond motifs is 3. The van der Waals surface area contributed by atoms with E-state index in [-0.39, 0.29) is 5.41 Å². The van der Waals surface area contributed by atoms with Crippen LogP contribution in [0.3, 0.4) is 0 Å². The van der Waals surface area contributed by atoms with Crippen LogP contribution in [-0.4, -0.2) is 0 Å². The van der Waals surface area contributed by atoms with Gasteiger partial charge in [0.1, 0.15) is 0 Å². The van der Waals surface area contributed by atoms with Gasteiger partial charge in [0.15, 0.2) is 0 Å². The Balaban J connectivity index is 1.64. The molecule has 5 aromatic rings. The quantitative estimate of drug-likeness (QED) is 0.235. The van der Waals surface area contributed by atoms with Gasteiger partial charge in [0.05, 0.1) is 5.69 Å². The Morgan fingerprint density at radius 2 is 1.08 bits per heavy atom. The van der Waals surface area contributed by atoms with E-state index in [1.807, 2.05) is 0 Å². The molecule has 0 saturated heterocycles. The van der Waals surface area contributed by atoms with Gasteiger partial charge < -0.3 is 4.90 Å². The van der Waals surface area contributed by atoms with Gasteiger partial charge in [0, 0.05) is 22.4 Å². The van der Waals surface area contributed by atoms with Crippen LogP contribution in [0.4, 0.5) is 17.1 Å². The SMILES string of the molecule is CC1(C)c2ccccc2-c2ccc(N(c3ccccc3)c3ccccc3)c(C=Cc3ccccc3)c21. The van der Waals surface area contributed by atoms with Crippen molar-refractivity contribution < 1.29 is 0 Å². The van der Waals surface area contributed by atoms with E-state index in [2.05, 4.69) is 158 Å². The molecule has 0 saturated carbocycles. The molecule has 0 N–H and O–H groups in total. The average molecular weight is 464 g/mol. The van der Waals surface area contributed by atoms with Crippen LogP contribution in [0.25, 0.3) is 23.3 Å². The molecule has 0 aromatic heterocycles. The Hall–Kier alpha value is -4.36. The average Bonchev–Trinajstić information content (AvgIpc) is 3.17. The molecule has 5 aromatic carbocycles. The lowest BCUT2D eigenvalue weighted by Gasteiger charge is -2.31. The van der Waals surface area contributed by atoms with Crippen LogP contribution in [0.2, 0.25) is 0 Å². The van der Waals surface area contributed by atoms with Crippen molar-refractivity contribution in [3.8, 4) is 11.1 Å². The zero-order chi connectivity index (χ0) is 24.5. The van der Waals surface area contributed by atoms with Crippen molar-refractivity contribution in [1.82, 2.24) is 0 Å². The van der Waals surface area contributed by atoms with E-state index in [1.165, 1.54) is 39.1 Å². The zero-order valence-electron chi connectivity index (χ0n) is 20.7. The summed E-state index contributed by atoms with van der Waals surface area (Å²) in [6, 6.07) is 45.4. The summed E-state index contributed by atoms with van der Waals surface area (Å²) >= 11 is 0. The van der Waals surface area contributed by atoms with E-state index in [0.29, 0.717) is 0 Å². The smallest absolute Gasteiger partial charge is 0.0537 e. The number of hydrogen-bond acceptors (Lipinski definition) is 1. The Labute approximate surface area is 214 Å². The highest BCUT2D eigenvalue weighted by atomic mass is 15.1. The fourth-order valence-corrected chi connectivity index (χ4v) is 5.59. The lowest BCUT2D eigenvalue weighted by Crippen LogP contribution is -2.19. The standard InChI is InChI=1S/C35H29N/c1-35(2)32-21-13-12-20-29(32)30-24-25-33(31(34(30)35)23-22-26-14-6-3-7-15-26)36(27-16-8-4-9-17-27)28-18-10-5-11-19-28/h3-25H,1-2H3. The van der Waals surface area contributed by atoms with E-state index in [1.54, 1.807) is 0 Å². The van der Waals surface area contributed by atoms with Gasteiger partial charge in [0.25, 0.3) is 0 Å². The molecule has 1 nitrogen and oxygen atoms in total. The maximum absolute atomic E-state index is 2.38. The minimum absolute atomic E-state index is 0.114. The molecule has 1 aliphatic carbocycles. The summed E-state index contributed by atoms with van der Waals surface area (Å²) in [4.78, 5) is 2.38. The van der Waals surface area contributed by atoms with Crippen molar-refractivity contribution in [2.45, 2.75) is 19.3 Å². The van der Waals surface area contributed by atoms with Crippen molar-refractivity contribution in [2.24, 2.45) is 0 Å². The molecule has 0 aliphatic heterocycles. The Morgan fingerprint density at radius 1 is 0.528 bits per heavy atom. The van der Waals surface area contributed by atoms with Crippen LogP contribution >= 0.6 is 0 Å². The van der Waals surface area contributed by atoms with Crippen LogP contribution < -0.4 is 4.90 Å². The second-order valence-electron chi connectivity index (χ2n) is 9.84. The van der Waals surface area contributed by atoms with Gasteiger partial charge in [-0.25, -0.2) is 0 Å². The summed E-state index contributed by atoms with van der Waals surface area (Å²) in [5.74, 6) is 0. The first-order valence-corrected chi connectivity index (χ1v) is 12.6. The molecule has 0 radical (unpaired) electrons. The first kappa shape index (κ1) is 22.1. The molecule has 0 unspecified atom stereocenters. The monoisotopic (exact) mass is 463 g/mol. The third-order valence-corrected chi connectivity index (χ3v) is 7.25. The Kier molecular flexibility index (Phi) is 5.54.